The molecule has 1 heterocycles. The molecule has 5 heteroatoms. The van der Waals surface area contributed by atoms with Gasteiger partial charge in [-0.2, -0.15) is 0 Å². The van der Waals surface area contributed by atoms with Crippen molar-refractivity contribution in [2.75, 3.05) is 4.90 Å². The molecule has 0 aliphatic carbocycles. The highest BCUT2D eigenvalue weighted by molar-refractivity contribution is 6.30. The molecule has 3 nitrogen and oxygen atoms in total. The second kappa shape index (κ2) is 7.56. The largest absolute Gasteiger partial charge is 0.305 e. The molecule has 1 aliphatic heterocycles. The number of amides is 1. The van der Waals surface area contributed by atoms with E-state index in [-0.39, 0.29) is 17.8 Å². The normalized spacial score (nSPS) is 17.5. The molecule has 1 aliphatic rings. The zero-order chi connectivity index (χ0) is 19.7. The fourth-order valence-electron chi connectivity index (χ4n) is 3.46. The highest BCUT2D eigenvalue weighted by Crippen LogP contribution is 2.33. The lowest BCUT2D eigenvalue weighted by atomic mass is 9.93. The molecule has 0 spiro atoms. The zero-order valence-electron chi connectivity index (χ0n) is 15.3. The van der Waals surface area contributed by atoms with E-state index in [0.29, 0.717) is 22.7 Å². The van der Waals surface area contributed by atoms with Crippen LogP contribution in [0, 0.1) is 5.82 Å². The van der Waals surface area contributed by atoms with Crippen LogP contribution in [0.25, 0.3) is 0 Å². The van der Waals surface area contributed by atoms with Crippen LogP contribution in [0.3, 0.4) is 0 Å². The fourth-order valence-corrected chi connectivity index (χ4v) is 3.59. The van der Waals surface area contributed by atoms with Crippen molar-refractivity contribution in [3.8, 4) is 0 Å². The summed E-state index contributed by atoms with van der Waals surface area (Å²) in [4.78, 5) is 19.7. The van der Waals surface area contributed by atoms with E-state index in [0.717, 1.165) is 17.0 Å². The Morgan fingerprint density at radius 1 is 1.04 bits per heavy atom. The Hall–Kier alpha value is -2.98. The molecule has 0 N–H and O–H groups in total. The van der Waals surface area contributed by atoms with Crippen LogP contribution in [0.2, 0.25) is 5.02 Å². The maximum absolute atomic E-state index is 13.2. The number of fused-ring (bicyclic) bond motifs is 1. The molecule has 0 saturated heterocycles. The number of aliphatic imine (C=N–C) groups is 1. The van der Waals surface area contributed by atoms with Gasteiger partial charge in [-0.3, -0.25) is 9.79 Å². The number of nitrogens with zero attached hydrogens (tertiary/aromatic N) is 2. The molecular formula is C23H18ClFN2O. The van der Waals surface area contributed by atoms with E-state index in [4.69, 9.17) is 16.6 Å². The van der Waals surface area contributed by atoms with Gasteiger partial charge in [-0.05, 0) is 61.5 Å². The molecule has 0 radical (unpaired) electrons. The first-order chi connectivity index (χ1) is 13.5. The van der Waals surface area contributed by atoms with Gasteiger partial charge in [0.2, 0.25) is 0 Å². The molecule has 1 unspecified atom stereocenters. The average Bonchev–Trinajstić information content (AvgIpc) is 2.70. The minimum atomic E-state index is -0.291. The third kappa shape index (κ3) is 3.56. The van der Waals surface area contributed by atoms with Gasteiger partial charge in [0, 0.05) is 28.6 Å². The number of halogens is 2. The third-order valence-corrected chi connectivity index (χ3v) is 5.06. The van der Waals surface area contributed by atoms with Crippen LogP contribution in [-0.2, 0) is 0 Å². The van der Waals surface area contributed by atoms with Gasteiger partial charge in [-0.25, -0.2) is 4.39 Å². The van der Waals surface area contributed by atoms with Crippen molar-refractivity contribution >= 4 is 34.6 Å². The molecule has 0 saturated carbocycles. The second-order valence-electron chi connectivity index (χ2n) is 6.79. The zero-order valence-corrected chi connectivity index (χ0v) is 16.0. The summed E-state index contributed by atoms with van der Waals surface area (Å²) in [5, 5.41) is 0.595. The SMILES string of the molecule is CC1CC(=Nc2ccc(F)cc2)c2ccccc2N1C(=O)c1ccc(Cl)cc1. The lowest BCUT2D eigenvalue weighted by Gasteiger charge is -2.36. The summed E-state index contributed by atoms with van der Waals surface area (Å²) in [6, 6.07) is 20.7. The van der Waals surface area contributed by atoms with E-state index >= 15 is 0 Å². The van der Waals surface area contributed by atoms with E-state index in [1.165, 1.54) is 12.1 Å². The summed E-state index contributed by atoms with van der Waals surface area (Å²) in [5.74, 6) is -0.362. The molecule has 0 fully saturated rings. The number of anilines is 1. The van der Waals surface area contributed by atoms with Gasteiger partial charge in [-0.1, -0.05) is 29.8 Å². The van der Waals surface area contributed by atoms with Crippen molar-refractivity contribution in [3.05, 3.63) is 94.8 Å². The highest BCUT2D eigenvalue weighted by atomic mass is 35.5. The molecular weight excluding hydrogens is 375 g/mol. The maximum Gasteiger partial charge on any atom is 0.258 e. The number of para-hydroxylation sites is 1. The van der Waals surface area contributed by atoms with Crippen molar-refractivity contribution in [1.82, 2.24) is 0 Å². The Bertz CT molecular complexity index is 1040. The number of benzene rings is 3. The van der Waals surface area contributed by atoms with Gasteiger partial charge in [0.25, 0.3) is 5.91 Å². The number of rotatable bonds is 2. The Kier molecular flexibility index (Phi) is 4.97. The topological polar surface area (TPSA) is 32.7 Å². The Morgan fingerprint density at radius 3 is 2.43 bits per heavy atom. The van der Waals surface area contributed by atoms with Gasteiger partial charge in [0.1, 0.15) is 5.82 Å². The van der Waals surface area contributed by atoms with Crippen LogP contribution in [0.1, 0.15) is 29.3 Å². The fraction of sp³-hybridized carbons (Fsp3) is 0.130. The molecule has 0 aromatic heterocycles. The lowest BCUT2D eigenvalue weighted by molar-refractivity contribution is 0.0978. The van der Waals surface area contributed by atoms with E-state index in [9.17, 15) is 9.18 Å². The van der Waals surface area contributed by atoms with Gasteiger partial charge in [0.15, 0.2) is 0 Å². The first-order valence-electron chi connectivity index (χ1n) is 9.04. The third-order valence-electron chi connectivity index (χ3n) is 4.80. The molecule has 3 aromatic rings. The van der Waals surface area contributed by atoms with Crippen molar-refractivity contribution in [2.45, 2.75) is 19.4 Å². The summed E-state index contributed by atoms with van der Waals surface area (Å²) in [7, 11) is 0. The Morgan fingerprint density at radius 2 is 1.71 bits per heavy atom. The van der Waals surface area contributed by atoms with Crippen LogP contribution in [0.5, 0.6) is 0 Å². The average molecular weight is 393 g/mol. The van der Waals surface area contributed by atoms with Crippen molar-refractivity contribution in [2.24, 2.45) is 4.99 Å². The molecule has 1 amide bonds. The first kappa shape index (κ1) is 18.4. The summed E-state index contributed by atoms with van der Waals surface area (Å²) < 4.78 is 13.2. The standard InChI is InChI=1S/C23H18ClFN2O/c1-15-14-21(26-19-12-10-18(25)11-13-19)20-4-2-3-5-22(20)27(15)23(28)16-6-8-17(24)9-7-16/h2-13,15H,14H2,1H3. The first-order valence-corrected chi connectivity index (χ1v) is 9.42. The summed E-state index contributed by atoms with van der Waals surface area (Å²) >= 11 is 5.95. The molecule has 0 bridgehead atoms. The van der Waals surface area contributed by atoms with Crippen LogP contribution in [0.4, 0.5) is 15.8 Å². The molecule has 3 aromatic carbocycles. The van der Waals surface area contributed by atoms with Gasteiger partial charge in [0.05, 0.1) is 17.1 Å². The van der Waals surface area contributed by atoms with Crippen molar-refractivity contribution in [1.29, 1.82) is 0 Å². The number of hydrogen-bond donors (Lipinski definition) is 0. The van der Waals surface area contributed by atoms with Crippen LogP contribution in [-0.4, -0.2) is 17.7 Å². The molecule has 140 valence electrons. The van der Waals surface area contributed by atoms with Crippen molar-refractivity contribution < 1.29 is 9.18 Å². The van der Waals surface area contributed by atoms with Crippen LogP contribution >= 0.6 is 11.6 Å². The molecule has 1 atom stereocenters. The Balaban J connectivity index is 1.75. The van der Waals surface area contributed by atoms with Gasteiger partial charge < -0.3 is 4.90 Å². The van der Waals surface area contributed by atoms with Crippen LogP contribution < -0.4 is 4.90 Å². The summed E-state index contributed by atoms with van der Waals surface area (Å²) in [6.07, 6.45) is 0.605. The minimum absolute atomic E-state index is 0.0718. The number of carbonyl (C=O) groups is 1. The van der Waals surface area contributed by atoms with E-state index in [2.05, 4.69) is 0 Å². The van der Waals surface area contributed by atoms with Gasteiger partial charge in [-0.15, -0.1) is 0 Å². The number of carbonyl (C=O) groups excluding carboxylic acids is 1. The second-order valence-corrected chi connectivity index (χ2v) is 7.22. The predicted molar refractivity (Wildman–Crippen MR) is 111 cm³/mol. The smallest absolute Gasteiger partial charge is 0.258 e. The molecule has 28 heavy (non-hydrogen) atoms. The molecule has 4 rings (SSSR count). The number of hydrogen-bond acceptors (Lipinski definition) is 2. The maximum atomic E-state index is 13.2. The lowest BCUT2D eigenvalue weighted by Crippen LogP contribution is -2.44. The monoisotopic (exact) mass is 392 g/mol. The summed E-state index contributed by atoms with van der Waals surface area (Å²) in [6.45, 7) is 2.00. The predicted octanol–water partition coefficient (Wildman–Crippen LogP) is 6.04. The minimum Gasteiger partial charge on any atom is -0.305 e. The Labute approximate surface area is 168 Å². The summed E-state index contributed by atoms with van der Waals surface area (Å²) in [5.41, 5.74) is 3.89. The van der Waals surface area contributed by atoms with E-state index in [1.54, 1.807) is 36.4 Å². The van der Waals surface area contributed by atoms with Gasteiger partial charge >= 0.3 is 0 Å². The van der Waals surface area contributed by atoms with Crippen molar-refractivity contribution in [3.63, 3.8) is 0 Å². The highest BCUT2D eigenvalue weighted by Gasteiger charge is 2.32. The van der Waals surface area contributed by atoms with E-state index in [1.807, 2.05) is 36.1 Å². The van der Waals surface area contributed by atoms with Crippen LogP contribution in [0.15, 0.2) is 77.8 Å². The van der Waals surface area contributed by atoms with E-state index < -0.39 is 0 Å². The quantitative estimate of drug-likeness (QED) is 0.523.